The molecule has 1 heterocycles. The van der Waals surface area contributed by atoms with E-state index in [4.69, 9.17) is 4.42 Å². The van der Waals surface area contributed by atoms with Gasteiger partial charge in [0, 0.05) is 0 Å². The molecule has 1 N–H and O–H groups in total. The average molecular weight is 313 g/mol. The largest absolute Gasteiger partial charge is 0.460 e. The van der Waals surface area contributed by atoms with Crippen LogP contribution in [0.4, 0.5) is 8.78 Å². The molecule has 0 saturated carbocycles. The van der Waals surface area contributed by atoms with Gasteiger partial charge < -0.3 is 9.73 Å². The molecule has 0 fully saturated rings. The highest BCUT2D eigenvalue weighted by Crippen LogP contribution is 2.24. The van der Waals surface area contributed by atoms with Gasteiger partial charge in [0.2, 0.25) is 0 Å². The van der Waals surface area contributed by atoms with Crippen LogP contribution in [-0.4, -0.2) is 6.54 Å². The molecule has 3 aromatic rings. The predicted octanol–water partition coefficient (Wildman–Crippen LogP) is 4.56. The van der Waals surface area contributed by atoms with Crippen LogP contribution in [0.15, 0.2) is 65.1 Å². The van der Waals surface area contributed by atoms with Crippen molar-refractivity contribution in [2.45, 2.75) is 13.0 Å². The number of rotatable bonds is 6. The molecule has 2 nitrogen and oxygen atoms in total. The molecule has 4 heteroatoms. The first-order chi connectivity index (χ1) is 11.2. The van der Waals surface area contributed by atoms with Crippen molar-refractivity contribution in [2.24, 2.45) is 0 Å². The van der Waals surface area contributed by atoms with Crippen molar-refractivity contribution in [3.63, 3.8) is 0 Å². The van der Waals surface area contributed by atoms with Crippen LogP contribution in [0, 0.1) is 11.6 Å². The summed E-state index contributed by atoms with van der Waals surface area (Å²) in [5, 5.41) is 3.26. The summed E-state index contributed by atoms with van der Waals surface area (Å²) in [5.74, 6) is 0.761. The summed E-state index contributed by atoms with van der Waals surface area (Å²) in [6, 6.07) is 16.6. The summed E-state index contributed by atoms with van der Waals surface area (Å²) in [5.41, 5.74) is 1.54. The van der Waals surface area contributed by atoms with Gasteiger partial charge in [-0.15, -0.1) is 0 Å². The number of nitrogens with one attached hydrogen (secondary N) is 1. The van der Waals surface area contributed by atoms with Crippen LogP contribution in [0.3, 0.4) is 0 Å². The number of benzene rings is 2. The summed E-state index contributed by atoms with van der Waals surface area (Å²) < 4.78 is 32.2. The summed E-state index contributed by atoms with van der Waals surface area (Å²) in [6.07, 6.45) is 0.807. The molecule has 1 aromatic heterocycles. The molecule has 0 aliphatic rings. The van der Waals surface area contributed by atoms with Crippen molar-refractivity contribution in [1.29, 1.82) is 0 Å². The van der Waals surface area contributed by atoms with Crippen LogP contribution in [0.25, 0.3) is 11.3 Å². The van der Waals surface area contributed by atoms with Crippen LogP contribution < -0.4 is 5.32 Å². The second-order valence-electron chi connectivity index (χ2n) is 5.30. The van der Waals surface area contributed by atoms with Gasteiger partial charge in [0.15, 0.2) is 0 Å². The van der Waals surface area contributed by atoms with E-state index in [0.717, 1.165) is 24.3 Å². The number of halogens is 2. The van der Waals surface area contributed by atoms with Crippen LogP contribution >= 0.6 is 0 Å². The van der Waals surface area contributed by atoms with Gasteiger partial charge in [-0.05, 0) is 54.9 Å². The molecule has 3 rings (SSSR count). The molecule has 0 spiro atoms. The fourth-order valence-electron chi connectivity index (χ4n) is 2.37. The predicted molar refractivity (Wildman–Crippen MR) is 85.9 cm³/mol. The van der Waals surface area contributed by atoms with Crippen molar-refractivity contribution in [3.05, 3.63) is 83.6 Å². The van der Waals surface area contributed by atoms with Crippen molar-refractivity contribution >= 4 is 0 Å². The lowest BCUT2D eigenvalue weighted by atomic mass is 10.1. The van der Waals surface area contributed by atoms with Crippen molar-refractivity contribution in [2.75, 3.05) is 6.54 Å². The van der Waals surface area contributed by atoms with Crippen molar-refractivity contribution in [3.8, 4) is 11.3 Å². The lowest BCUT2D eigenvalue weighted by molar-refractivity contribution is 0.491. The van der Waals surface area contributed by atoms with E-state index in [-0.39, 0.29) is 11.6 Å². The maximum absolute atomic E-state index is 13.7. The highest BCUT2D eigenvalue weighted by Gasteiger charge is 2.08. The second-order valence-corrected chi connectivity index (χ2v) is 5.30. The van der Waals surface area contributed by atoms with Gasteiger partial charge in [0.05, 0.1) is 12.1 Å². The van der Waals surface area contributed by atoms with E-state index >= 15 is 0 Å². The van der Waals surface area contributed by atoms with E-state index in [9.17, 15) is 8.78 Å². The van der Waals surface area contributed by atoms with E-state index in [2.05, 4.69) is 5.32 Å². The highest BCUT2D eigenvalue weighted by atomic mass is 19.1. The molecule has 0 aliphatic heterocycles. The zero-order valence-corrected chi connectivity index (χ0v) is 12.6. The van der Waals surface area contributed by atoms with Gasteiger partial charge >= 0.3 is 0 Å². The fraction of sp³-hybridized carbons (Fsp3) is 0.158. The summed E-state index contributed by atoms with van der Waals surface area (Å²) >= 11 is 0. The van der Waals surface area contributed by atoms with Gasteiger partial charge in [-0.1, -0.05) is 24.3 Å². The smallest absolute Gasteiger partial charge is 0.137 e. The van der Waals surface area contributed by atoms with E-state index in [1.165, 1.54) is 18.2 Å². The molecule has 0 aliphatic carbocycles. The number of furan rings is 1. The monoisotopic (exact) mass is 313 g/mol. The first kappa shape index (κ1) is 15.4. The topological polar surface area (TPSA) is 25.2 Å². The third-order valence-corrected chi connectivity index (χ3v) is 3.60. The minimum Gasteiger partial charge on any atom is -0.460 e. The summed E-state index contributed by atoms with van der Waals surface area (Å²) in [4.78, 5) is 0. The second kappa shape index (κ2) is 7.20. The van der Waals surface area contributed by atoms with E-state index < -0.39 is 0 Å². The van der Waals surface area contributed by atoms with Crippen LogP contribution in [0.5, 0.6) is 0 Å². The Morgan fingerprint density at radius 3 is 2.43 bits per heavy atom. The van der Waals surface area contributed by atoms with E-state index in [1.54, 1.807) is 36.4 Å². The maximum atomic E-state index is 13.7. The van der Waals surface area contributed by atoms with Crippen LogP contribution in [0.2, 0.25) is 0 Å². The highest BCUT2D eigenvalue weighted by molar-refractivity contribution is 5.58. The summed E-state index contributed by atoms with van der Waals surface area (Å²) in [6.45, 7) is 1.32. The van der Waals surface area contributed by atoms with Gasteiger partial charge in [0.25, 0.3) is 0 Å². The quantitative estimate of drug-likeness (QED) is 0.675. The SMILES string of the molecule is Fc1ccc(CCNCc2ccc(-c3ccccc3F)o2)cc1. The lowest BCUT2D eigenvalue weighted by Crippen LogP contribution is -2.16. The van der Waals surface area contributed by atoms with Crippen LogP contribution in [-0.2, 0) is 13.0 Å². The maximum Gasteiger partial charge on any atom is 0.137 e. The first-order valence-electron chi connectivity index (χ1n) is 7.51. The Morgan fingerprint density at radius 1 is 0.870 bits per heavy atom. The van der Waals surface area contributed by atoms with Crippen molar-refractivity contribution in [1.82, 2.24) is 5.32 Å². The average Bonchev–Trinajstić information content (AvgIpc) is 3.02. The van der Waals surface area contributed by atoms with Gasteiger partial charge in [-0.25, -0.2) is 8.78 Å². The van der Waals surface area contributed by atoms with E-state index in [0.29, 0.717) is 17.9 Å². The van der Waals surface area contributed by atoms with Gasteiger partial charge in [0.1, 0.15) is 23.2 Å². The Bertz CT molecular complexity index is 765. The molecule has 118 valence electrons. The lowest BCUT2D eigenvalue weighted by Gasteiger charge is -2.03. The number of hydrogen-bond acceptors (Lipinski definition) is 2. The Kier molecular flexibility index (Phi) is 4.83. The Morgan fingerprint density at radius 2 is 1.65 bits per heavy atom. The van der Waals surface area contributed by atoms with Gasteiger partial charge in [-0.2, -0.15) is 0 Å². The molecule has 0 saturated heterocycles. The van der Waals surface area contributed by atoms with Gasteiger partial charge in [-0.3, -0.25) is 0 Å². The Labute approximate surface area is 133 Å². The molecule has 0 radical (unpaired) electrons. The zero-order valence-electron chi connectivity index (χ0n) is 12.6. The molecular weight excluding hydrogens is 296 g/mol. The first-order valence-corrected chi connectivity index (χ1v) is 7.51. The minimum atomic E-state index is -0.294. The molecule has 2 aromatic carbocycles. The third-order valence-electron chi connectivity index (χ3n) is 3.60. The third kappa shape index (κ3) is 4.05. The normalized spacial score (nSPS) is 10.9. The Balaban J connectivity index is 1.52. The summed E-state index contributed by atoms with van der Waals surface area (Å²) in [7, 11) is 0. The minimum absolute atomic E-state index is 0.224. The van der Waals surface area contributed by atoms with E-state index in [1.807, 2.05) is 6.07 Å². The molecule has 23 heavy (non-hydrogen) atoms. The molecule has 0 unspecified atom stereocenters. The molecule has 0 amide bonds. The fourth-order valence-corrected chi connectivity index (χ4v) is 2.37. The Hall–Kier alpha value is -2.46. The van der Waals surface area contributed by atoms with Crippen molar-refractivity contribution < 1.29 is 13.2 Å². The molecule has 0 bridgehead atoms. The standard InChI is InChI=1S/C19H17F2NO/c20-15-7-5-14(6-8-15)11-12-22-13-16-9-10-19(23-16)17-3-1-2-4-18(17)21/h1-10,22H,11-13H2. The van der Waals surface area contributed by atoms with Crippen LogP contribution in [0.1, 0.15) is 11.3 Å². The zero-order chi connectivity index (χ0) is 16.1. The molecule has 0 atom stereocenters. The number of hydrogen-bond donors (Lipinski definition) is 1. The molecular formula is C19H17F2NO.